The smallest absolute Gasteiger partial charge is 0.398 e. The molecule has 1 rings (SSSR count). The number of halogens is 3. The second-order valence-corrected chi connectivity index (χ2v) is 3.01. The monoisotopic (exact) mass is 201 g/mol. The summed E-state index contributed by atoms with van der Waals surface area (Å²) in [5, 5.41) is 0. The normalized spacial score (nSPS) is 12.3. The molecular weight excluding hydrogens is 191 g/mol. The first-order valence-electron chi connectivity index (χ1n) is 4.00. The Labute approximate surface area is 80.0 Å². The average molecular weight is 201 g/mol. The van der Waals surface area contributed by atoms with Gasteiger partial charge in [-0.25, -0.2) is 0 Å². The molecule has 0 aliphatic rings. The first kappa shape index (κ1) is 10.6. The van der Waals surface area contributed by atoms with Crippen LogP contribution in [0.3, 0.4) is 0 Å². The first-order chi connectivity index (χ1) is 6.38. The molecule has 2 N–H and O–H groups in total. The molecule has 0 unspecified atom stereocenters. The van der Waals surface area contributed by atoms with E-state index >= 15 is 0 Å². The fourth-order valence-corrected chi connectivity index (χ4v) is 1.03. The van der Waals surface area contributed by atoms with Crippen LogP contribution in [0.1, 0.15) is 11.1 Å². The Morgan fingerprint density at radius 3 is 2.43 bits per heavy atom. The molecule has 76 valence electrons. The van der Waals surface area contributed by atoms with E-state index in [0.29, 0.717) is 11.3 Å². The molecule has 0 bridgehead atoms. The summed E-state index contributed by atoms with van der Waals surface area (Å²) < 4.78 is 35.5. The van der Waals surface area contributed by atoms with Crippen LogP contribution in [-0.2, 0) is 0 Å². The van der Waals surface area contributed by atoms with Crippen molar-refractivity contribution in [1.82, 2.24) is 0 Å². The van der Waals surface area contributed by atoms with E-state index in [-0.39, 0.29) is 6.08 Å². The highest BCUT2D eigenvalue weighted by atomic mass is 19.4. The molecule has 0 radical (unpaired) electrons. The second kappa shape index (κ2) is 3.74. The summed E-state index contributed by atoms with van der Waals surface area (Å²) in [4.78, 5) is 0. The number of nitrogens with two attached hydrogens (primary N) is 1. The van der Waals surface area contributed by atoms with Crippen molar-refractivity contribution in [3.05, 3.63) is 35.4 Å². The van der Waals surface area contributed by atoms with Gasteiger partial charge in [-0.05, 0) is 30.2 Å². The number of aryl methyl sites for hydroxylation is 1. The van der Waals surface area contributed by atoms with Crippen molar-refractivity contribution < 1.29 is 13.2 Å². The molecule has 1 aromatic rings. The van der Waals surface area contributed by atoms with Crippen molar-refractivity contribution in [2.75, 3.05) is 5.73 Å². The Bertz CT molecular complexity index is 353. The topological polar surface area (TPSA) is 26.0 Å². The summed E-state index contributed by atoms with van der Waals surface area (Å²) >= 11 is 0. The number of alkyl halides is 3. The Kier molecular flexibility index (Phi) is 2.84. The van der Waals surface area contributed by atoms with E-state index in [1.54, 1.807) is 18.2 Å². The molecule has 1 aromatic carbocycles. The maximum atomic E-state index is 11.8. The van der Waals surface area contributed by atoms with Crippen molar-refractivity contribution in [2.24, 2.45) is 0 Å². The van der Waals surface area contributed by atoms with Gasteiger partial charge in [-0.2, -0.15) is 13.2 Å². The molecule has 0 aromatic heterocycles. The number of rotatable bonds is 1. The van der Waals surface area contributed by atoms with Gasteiger partial charge in [0.15, 0.2) is 0 Å². The SMILES string of the molecule is Cc1ccc(/C=C/C(F)(F)F)c(N)c1. The molecular formula is C10H10F3N. The summed E-state index contributed by atoms with van der Waals surface area (Å²) in [6, 6.07) is 4.91. The summed E-state index contributed by atoms with van der Waals surface area (Å²) in [6.45, 7) is 1.83. The molecule has 0 heterocycles. The van der Waals surface area contributed by atoms with Crippen LogP contribution in [0.4, 0.5) is 18.9 Å². The van der Waals surface area contributed by atoms with Gasteiger partial charge in [0.1, 0.15) is 0 Å². The molecule has 0 amide bonds. The van der Waals surface area contributed by atoms with Gasteiger partial charge < -0.3 is 5.73 Å². The molecule has 0 saturated heterocycles. The molecule has 0 atom stereocenters. The van der Waals surface area contributed by atoms with Crippen LogP contribution in [0.25, 0.3) is 6.08 Å². The summed E-state index contributed by atoms with van der Waals surface area (Å²) in [5.41, 5.74) is 7.19. The summed E-state index contributed by atoms with van der Waals surface area (Å²) in [7, 11) is 0. The van der Waals surface area contributed by atoms with E-state index in [9.17, 15) is 13.2 Å². The Morgan fingerprint density at radius 2 is 1.93 bits per heavy atom. The van der Waals surface area contributed by atoms with Crippen molar-refractivity contribution >= 4 is 11.8 Å². The van der Waals surface area contributed by atoms with E-state index in [1.807, 2.05) is 6.92 Å². The van der Waals surface area contributed by atoms with E-state index < -0.39 is 6.18 Å². The Balaban J connectivity index is 2.93. The highest BCUT2D eigenvalue weighted by Gasteiger charge is 2.21. The molecule has 0 aliphatic heterocycles. The molecule has 4 heteroatoms. The number of hydrogen-bond donors (Lipinski definition) is 1. The number of hydrogen-bond acceptors (Lipinski definition) is 1. The van der Waals surface area contributed by atoms with Crippen molar-refractivity contribution in [1.29, 1.82) is 0 Å². The van der Waals surface area contributed by atoms with Crippen LogP contribution in [-0.4, -0.2) is 6.18 Å². The molecule has 0 aliphatic carbocycles. The van der Waals surface area contributed by atoms with Crippen LogP contribution in [0.2, 0.25) is 0 Å². The fraction of sp³-hybridized carbons (Fsp3) is 0.200. The number of anilines is 1. The van der Waals surface area contributed by atoms with E-state index in [0.717, 1.165) is 11.6 Å². The number of nitrogen functional groups attached to an aromatic ring is 1. The van der Waals surface area contributed by atoms with Gasteiger partial charge in [0.05, 0.1) is 0 Å². The third-order valence-electron chi connectivity index (χ3n) is 1.69. The quantitative estimate of drug-likeness (QED) is 0.694. The maximum absolute atomic E-state index is 11.8. The Hall–Kier alpha value is -1.45. The van der Waals surface area contributed by atoms with Crippen LogP contribution in [0.5, 0.6) is 0 Å². The Morgan fingerprint density at radius 1 is 1.29 bits per heavy atom. The van der Waals surface area contributed by atoms with Crippen LogP contribution < -0.4 is 5.73 Å². The minimum atomic E-state index is -4.29. The minimum Gasteiger partial charge on any atom is -0.398 e. The zero-order chi connectivity index (χ0) is 10.8. The van der Waals surface area contributed by atoms with Gasteiger partial charge in [-0.3, -0.25) is 0 Å². The fourth-order valence-electron chi connectivity index (χ4n) is 1.03. The standard InChI is InChI=1S/C10H10F3N/c1-7-2-3-8(9(14)6-7)4-5-10(11,12)13/h2-6H,14H2,1H3/b5-4+. The molecule has 0 saturated carbocycles. The largest absolute Gasteiger partial charge is 0.409 e. The molecule has 0 spiro atoms. The van der Waals surface area contributed by atoms with Crippen LogP contribution in [0.15, 0.2) is 24.3 Å². The minimum absolute atomic E-state index is 0.175. The lowest BCUT2D eigenvalue weighted by molar-refractivity contribution is -0.0790. The number of allylic oxidation sites excluding steroid dienone is 1. The predicted molar refractivity (Wildman–Crippen MR) is 50.7 cm³/mol. The zero-order valence-corrected chi connectivity index (χ0v) is 7.60. The highest BCUT2D eigenvalue weighted by Crippen LogP contribution is 2.21. The first-order valence-corrected chi connectivity index (χ1v) is 4.00. The van der Waals surface area contributed by atoms with Gasteiger partial charge in [-0.15, -0.1) is 0 Å². The van der Waals surface area contributed by atoms with E-state index in [1.165, 1.54) is 0 Å². The highest BCUT2D eigenvalue weighted by molar-refractivity contribution is 5.65. The van der Waals surface area contributed by atoms with Crippen molar-refractivity contribution in [3.8, 4) is 0 Å². The number of benzene rings is 1. The van der Waals surface area contributed by atoms with Gasteiger partial charge in [0.2, 0.25) is 0 Å². The third-order valence-corrected chi connectivity index (χ3v) is 1.69. The van der Waals surface area contributed by atoms with Gasteiger partial charge >= 0.3 is 6.18 Å². The summed E-state index contributed by atoms with van der Waals surface area (Å²) in [5.74, 6) is 0. The predicted octanol–water partition coefficient (Wildman–Crippen LogP) is 3.15. The molecule has 14 heavy (non-hydrogen) atoms. The molecule has 1 nitrogen and oxygen atoms in total. The van der Waals surface area contributed by atoms with Gasteiger partial charge in [0, 0.05) is 11.8 Å². The second-order valence-electron chi connectivity index (χ2n) is 3.01. The lowest BCUT2D eigenvalue weighted by Crippen LogP contribution is -2.00. The van der Waals surface area contributed by atoms with Crippen molar-refractivity contribution in [2.45, 2.75) is 13.1 Å². The lowest BCUT2D eigenvalue weighted by atomic mass is 10.1. The van der Waals surface area contributed by atoms with E-state index in [4.69, 9.17) is 5.73 Å². The zero-order valence-electron chi connectivity index (χ0n) is 7.60. The van der Waals surface area contributed by atoms with Gasteiger partial charge in [0.25, 0.3) is 0 Å². The maximum Gasteiger partial charge on any atom is 0.409 e. The van der Waals surface area contributed by atoms with Crippen molar-refractivity contribution in [3.63, 3.8) is 0 Å². The van der Waals surface area contributed by atoms with E-state index in [2.05, 4.69) is 0 Å². The third kappa shape index (κ3) is 3.12. The van der Waals surface area contributed by atoms with Crippen LogP contribution in [0, 0.1) is 6.92 Å². The lowest BCUT2D eigenvalue weighted by Gasteiger charge is -2.02. The van der Waals surface area contributed by atoms with Crippen LogP contribution >= 0.6 is 0 Å². The average Bonchev–Trinajstić information content (AvgIpc) is 2.00. The van der Waals surface area contributed by atoms with Gasteiger partial charge in [-0.1, -0.05) is 12.1 Å². The molecule has 0 fully saturated rings. The summed E-state index contributed by atoms with van der Waals surface area (Å²) in [6.07, 6.45) is -3.15.